The molecule has 0 aliphatic heterocycles. The smallest absolute Gasteiger partial charge is 0.266 e. The maximum absolute atomic E-state index is 11.9. The highest BCUT2D eigenvalue weighted by Crippen LogP contribution is 2.57. The van der Waals surface area contributed by atoms with Gasteiger partial charge in [-0.05, 0) is 41.5 Å². The van der Waals surface area contributed by atoms with Crippen LogP contribution in [0.1, 0.15) is 43.3 Å². The van der Waals surface area contributed by atoms with E-state index in [0.717, 1.165) is 17.2 Å². The van der Waals surface area contributed by atoms with Gasteiger partial charge >= 0.3 is 0 Å². The fourth-order valence-corrected chi connectivity index (χ4v) is 4.21. The average molecular weight is 276 g/mol. The summed E-state index contributed by atoms with van der Waals surface area (Å²) in [6.07, 6.45) is 2.29. The number of fused-ring (bicyclic) bond motifs is 2. The van der Waals surface area contributed by atoms with Gasteiger partial charge in [0.1, 0.15) is 0 Å². The molecule has 2 aliphatic rings. The van der Waals surface area contributed by atoms with E-state index in [2.05, 4.69) is 31.3 Å². The Labute approximate surface area is 118 Å². The number of nitrogens with zero attached hydrogens (tertiary/aromatic N) is 1. The molecule has 1 aromatic rings. The van der Waals surface area contributed by atoms with Crippen LogP contribution in [-0.2, 0) is 0 Å². The zero-order chi connectivity index (χ0) is 13.6. The highest BCUT2D eigenvalue weighted by Gasteiger charge is 2.53. The molecule has 1 aromatic heterocycles. The second-order valence-electron chi connectivity index (χ2n) is 6.37. The molecule has 102 valence electrons. The van der Waals surface area contributed by atoms with Gasteiger partial charge in [-0.3, -0.25) is 4.79 Å². The lowest BCUT2D eigenvalue weighted by Crippen LogP contribution is -2.34. The molecule has 4 heteroatoms. The second-order valence-corrected chi connectivity index (χ2v) is 7.32. The fourth-order valence-electron chi connectivity index (χ4n) is 3.59. The Morgan fingerprint density at radius 1 is 1.53 bits per heavy atom. The maximum Gasteiger partial charge on any atom is 0.281 e. The predicted molar refractivity (Wildman–Crippen MR) is 78.4 cm³/mol. The van der Waals surface area contributed by atoms with Gasteiger partial charge in [0.25, 0.3) is 5.91 Å². The van der Waals surface area contributed by atoms with E-state index < -0.39 is 0 Å². The Hall–Kier alpha value is -1.16. The van der Waals surface area contributed by atoms with E-state index in [9.17, 15) is 4.79 Å². The molecule has 0 aromatic carbocycles. The number of rotatable bonds is 2. The van der Waals surface area contributed by atoms with Crippen LogP contribution in [0.5, 0.6) is 0 Å². The summed E-state index contributed by atoms with van der Waals surface area (Å²) in [6, 6.07) is 3.71. The van der Waals surface area contributed by atoms with Crippen molar-refractivity contribution in [1.29, 1.82) is 0 Å². The van der Waals surface area contributed by atoms with Crippen molar-refractivity contribution in [1.82, 2.24) is 5.43 Å². The van der Waals surface area contributed by atoms with Gasteiger partial charge in [0.15, 0.2) is 0 Å². The van der Waals surface area contributed by atoms with E-state index in [1.165, 1.54) is 23.5 Å². The van der Waals surface area contributed by atoms with E-state index in [-0.39, 0.29) is 5.91 Å². The third kappa shape index (κ3) is 2.02. The van der Waals surface area contributed by atoms with Crippen LogP contribution in [0.25, 0.3) is 0 Å². The van der Waals surface area contributed by atoms with Crippen LogP contribution in [0.15, 0.2) is 22.6 Å². The lowest BCUT2D eigenvalue weighted by molar-refractivity contribution is 0.0958. The molecular formula is C15H20N2OS. The van der Waals surface area contributed by atoms with E-state index in [0.29, 0.717) is 17.3 Å². The van der Waals surface area contributed by atoms with Gasteiger partial charge in [-0.1, -0.05) is 26.8 Å². The molecule has 1 N–H and O–H groups in total. The summed E-state index contributed by atoms with van der Waals surface area (Å²) in [7, 11) is 0. The van der Waals surface area contributed by atoms with E-state index in [1.807, 2.05) is 17.5 Å². The van der Waals surface area contributed by atoms with Gasteiger partial charge in [0, 0.05) is 11.6 Å². The molecule has 0 spiro atoms. The molecule has 0 unspecified atom stereocenters. The Morgan fingerprint density at radius 3 is 2.89 bits per heavy atom. The first kappa shape index (κ1) is 12.9. The summed E-state index contributed by atoms with van der Waals surface area (Å²) < 4.78 is 0. The number of hydrogen-bond acceptors (Lipinski definition) is 3. The van der Waals surface area contributed by atoms with Gasteiger partial charge in [-0.15, -0.1) is 11.3 Å². The topological polar surface area (TPSA) is 41.5 Å². The summed E-state index contributed by atoms with van der Waals surface area (Å²) in [5.74, 6) is 1.86. The molecule has 3 rings (SSSR count). The Balaban J connectivity index is 1.69. The zero-order valence-corrected chi connectivity index (χ0v) is 12.5. The number of nitrogens with one attached hydrogen (secondary N) is 1. The molecule has 2 saturated carbocycles. The molecule has 1 heterocycles. The lowest BCUT2D eigenvalue weighted by Gasteiger charge is -2.36. The first-order valence-electron chi connectivity index (χ1n) is 6.90. The van der Waals surface area contributed by atoms with Crippen molar-refractivity contribution in [2.75, 3.05) is 0 Å². The average Bonchev–Trinajstić information content (AvgIpc) is 3.06. The first-order chi connectivity index (χ1) is 9.00. The number of carbonyl (C=O) groups excluding carboxylic acids is 1. The summed E-state index contributed by atoms with van der Waals surface area (Å²) in [5, 5.41) is 6.31. The molecule has 2 aliphatic carbocycles. The van der Waals surface area contributed by atoms with E-state index in [1.54, 1.807) is 0 Å². The van der Waals surface area contributed by atoms with Crippen molar-refractivity contribution < 1.29 is 4.79 Å². The summed E-state index contributed by atoms with van der Waals surface area (Å²) in [6.45, 7) is 7.05. The van der Waals surface area contributed by atoms with Gasteiger partial charge in [-0.2, -0.15) is 5.10 Å². The third-order valence-corrected chi connectivity index (χ3v) is 6.17. The third-order valence-electron chi connectivity index (χ3n) is 5.30. The van der Waals surface area contributed by atoms with Crippen molar-refractivity contribution in [2.45, 2.75) is 33.6 Å². The predicted octanol–water partition coefficient (Wildman–Crippen LogP) is 3.54. The highest BCUT2D eigenvalue weighted by atomic mass is 32.1. The first-order valence-corrected chi connectivity index (χ1v) is 7.78. The monoisotopic (exact) mass is 276 g/mol. The van der Waals surface area contributed by atoms with Crippen LogP contribution in [0.2, 0.25) is 0 Å². The minimum absolute atomic E-state index is 0.0859. The number of carbonyl (C=O) groups is 1. The normalized spacial score (nSPS) is 33.8. The Morgan fingerprint density at radius 2 is 2.32 bits per heavy atom. The number of hydrazone groups is 1. The molecular weight excluding hydrogens is 256 g/mol. The number of thiophene rings is 1. The summed E-state index contributed by atoms with van der Waals surface area (Å²) in [5.41, 5.74) is 4.33. The number of hydrogen-bond donors (Lipinski definition) is 1. The van der Waals surface area contributed by atoms with Crippen molar-refractivity contribution in [3.05, 3.63) is 22.4 Å². The molecule has 2 fully saturated rings. The SMILES string of the molecule is C[C@@H]1[C@@H]2C[C@@H](C/C2=N\NC(=O)c2cccs2)C1(C)C. The van der Waals surface area contributed by atoms with E-state index in [4.69, 9.17) is 0 Å². The van der Waals surface area contributed by atoms with Crippen molar-refractivity contribution >= 4 is 23.0 Å². The lowest BCUT2D eigenvalue weighted by atomic mass is 9.69. The minimum Gasteiger partial charge on any atom is -0.266 e. The summed E-state index contributed by atoms with van der Waals surface area (Å²) >= 11 is 1.45. The number of amides is 1. The minimum atomic E-state index is -0.0859. The molecule has 3 nitrogen and oxygen atoms in total. The van der Waals surface area contributed by atoms with Gasteiger partial charge in [0.2, 0.25) is 0 Å². The van der Waals surface area contributed by atoms with Gasteiger partial charge in [0.05, 0.1) is 4.88 Å². The van der Waals surface area contributed by atoms with Gasteiger partial charge < -0.3 is 0 Å². The summed E-state index contributed by atoms with van der Waals surface area (Å²) in [4.78, 5) is 12.6. The Kier molecular flexibility index (Phi) is 3.01. The van der Waals surface area contributed by atoms with Crippen LogP contribution in [0.3, 0.4) is 0 Å². The van der Waals surface area contributed by atoms with E-state index >= 15 is 0 Å². The molecule has 0 radical (unpaired) electrons. The molecule has 3 atom stereocenters. The van der Waals surface area contributed by atoms with Crippen LogP contribution < -0.4 is 5.43 Å². The van der Waals surface area contributed by atoms with Crippen molar-refractivity contribution in [3.8, 4) is 0 Å². The standard InChI is InChI=1S/C15H20N2OS/c1-9-11-7-10(15(9,2)3)8-12(11)16-17-14(18)13-5-4-6-19-13/h4-6,9-11H,7-8H2,1-3H3,(H,17,18)/b16-12+/t9-,10+,11+/m1/s1. The fraction of sp³-hybridized carbons (Fsp3) is 0.600. The highest BCUT2D eigenvalue weighted by molar-refractivity contribution is 7.12. The van der Waals surface area contributed by atoms with Crippen LogP contribution in [-0.4, -0.2) is 11.6 Å². The second kappa shape index (κ2) is 4.44. The molecule has 1 amide bonds. The van der Waals surface area contributed by atoms with Crippen LogP contribution >= 0.6 is 11.3 Å². The van der Waals surface area contributed by atoms with Gasteiger partial charge in [-0.25, -0.2) is 5.43 Å². The largest absolute Gasteiger partial charge is 0.281 e. The van der Waals surface area contributed by atoms with Crippen molar-refractivity contribution in [3.63, 3.8) is 0 Å². The van der Waals surface area contributed by atoms with Crippen molar-refractivity contribution in [2.24, 2.45) is 28.3 Å². The molecule has 0 saturated heterocycles. The quantitative estimate of drug-likeness (QED) is 0.825. The maximum atomic E-state index is 11.9. The molecule has 2 bridgehead atoms. The zero-order valence-electron chi connectivity index (χ0n) is 11.6. The van der Waals surface area contributed by atoms with Crippen LogP contribution in [0, 0.1) is 23.2 Å². The molecule has 19 heavy (non-hydrogen) atoms. The van der Waals surface area contributed by atoms with Crippen LogP contribution in [0.4, 0.5) is 0 Å². The Bertz CT molecular complexity index is 514.